The third kappa shape index (κ3) is 5.49. The first-order valence-corrected chi connectivity index (χ1v) is 10.1. The number of hydrogen-bond acceptors (Lipinski definition) is 3. The first-order valence-electron chi connectivity index (χ1n) is 10.1. The molecular formula is C23H30N2O3. The van der Waals surface area contributed by atoms with Crippen molar-refractivity contribution in [2.45, 2.75) is 38.0 Å². The van der Waals surface area contributed by atoms with E-state index in [1.165, 1.54) is 5.56 Å². The minimum absolute atomic E-state index is 0.0756. The highest BCUT2D eigenvalue weighted by atomic mass is 16.5. The Balaban J connectivity index is 1.55. The van der Waals surface area contributed by atoms with Crippen molar-refractivity contribution in [1.29, 1.82) is 0 Å². The smallest absolute Gasteiger partial charge is 0.319 e. The maximum Gasteiger partial charge on any atom is 0.319 e. The van der Waals surface area contributed by atoms with Gasteiger partial charge in [0.1, 0.15) is 5.75 Å². The lowest BCUT2D eigenvalue weighted by molar-refractivity contribution is 0.0508. The van der Waals surface area contributed by atoms with Gasteiger partial charge < -0.3 is 20.1 Å². The van der Waals surface area contributed by atoms with E-state index < -0.39 is 0 Å². The summed E-state index contributed by atoms with van der Waals surface area (Å²) in [5.41, 5.74) is 1.93. The zero-order valence-electron chi connectivity index (χ0n) is 16.6. The van der Waals surface area contributed by atoms with Gasteiger partial charge in [-0.25, -0.2) is 4.79 Å². The number of urea groups is 1. The summed E-state index contributed by atoms with van der Waals surface area (Å²) in [6.07, 6.45) is 3.95. The lowest BCUT2D eigenvalue weighted by atomic mass is 9.74. The van der Waals surface area contributed by atoms with Gasteiger partial charge in [-0.15, -0.1) is 0 Å². The summed E-state index contributed by atoms with van der Waals surface area (Å²) in [5.74, 6) is 0.824. The average Bonchev–Trinajstić information content (AvgIpc) is 2.75. The number of rotatable bonds is 8. The van der Waals surface area contributed by atoms with Crippen LogP contribution in [0.25, 0.3) is 0 Å². The Hall–Kier alpha value is -2.53. The molecule has 2 aromatic rings. The number of nitrogens with one attached hydrogen (secondary N) is 2. The highest BCUT2D eigenvalue weighted by molar-refractivity contribution is 5.89. The summed E-state index contributed by atoms with van der Waals surface area (Å²) in [6, 6.07) is 17.7. The van der Waals surface area contributed by atoms with Gasteiger partial charge in [0.15, 0.2) is 0 Å². The van der Waals surface area contributed by atoms with Gasteiger partial charge in [0, 0.05) is 30.9 Å². The molecule has 0 aromatic heterocycles. The standard InChI is InChI=1S/C23H30N2O3/c1-2-3-15-28-21-11-9-20(10-12-21)25-22(26)24-18-23(13-16-27-17-14-23)19-7-5-4-6-8-19/h4-12H,2-3,13-18H2,1H3,(H2,24,25,26). The second-order valence-electron chi connectivity index (χ2n) is 7.29. The first kappa shape index (κ1) is 20.2. The van der Waals surface area contributed by atoms with E-state index in [1.54, 1.807) is 0 Å². The van der Waals surface area contributed by atoms with E-state index in [9.17, 15) is 4.79 Å². The van der Waals surface area contributed by atoms with E-state index in [0.29, 0.717) is 6.54 Å². The molecule has 28 heavy (non-hydrogen) atoms. The van der Waals surface area contributed by atoms with Crippen LogP contribution in [0.4, 0.5) is 10.5 Å². The predicted molar refractivity (Wildman–Crippen MR) is 112 cm³/mol. The second-order valence-corrected chi connectivity index (χ2v) is 7.29. The van der Waals surface area contributed by atoms with Crippen LogP contribution in [0.15, 0.2) is 54.6 Å². The fraction of sp³-hybridized carbons (Fsp3) is 0.435. The van der Waals surface area contributed by atoms with Crippen LogP contribution in [0, 0.1) is 0 Å². The maximum absolute atomic E-state index is 12.4. The average molecular weight is 383 g/mol. The van der Waals surface area contributed by atoms with Gasteiger partial charge in [-0.05, 0) is 49.1 Å². The zero-order chi connectivity index (χ0) is 19.7. The molecule has 0 atom stereocenters. The van der Waals surface area contributed by atoms with Crippen LogP contribution in [0.2, 0.25) is 0 Å². The zero-order valence-corrected chi connectivity index (χ0v) is 16.6. The van der Waals surface area contributed by atoms with Crippen LogP contribution >= 0.6 is 0 Å². The molecule has 1 aliphatic heterocycles. The molecule has 0 unspecified atom stereocenters. The van der Waals surface area contributed by atoms with Gasteiger partial charge in [-0.3, -0.25) is 0 Å². The third-order valence-corrected chi connectivity index (χ3v) is 5.30. The Morgan fingerprint density at radius 2 is 1.79 bits per heavy atom. The molecule has 150 valence electrons. The Morgan fingerprint density at radius 3 is 2.46 bits per heavy atom. The van der Waals surface area contributed by atoms with E-state index in [1.807, 2.05) is 30.3 Å². The summed E-state index contributed by atoms with van der Waals surface area (Å²) < 4.78 is 11.2. The number of carbonyl (C=O) groups excluding carboxylic acids is 1. The van der Waals surface area contributed by atoms with Crippen molar-refractivity contribution >= 4 is 11.7 Å². The van der Waals surface area contributed by atoms with E-state index in [0.717, 1.165) is 56.9 Å². The predicted octanol–water partition coefficient (Wildman–Crippen LogP) is 4.74. The van der Waals surface area contributed by atoms with Crippen molar-refractivity contribution in [2.75, 3.05) is 31.7 Å². The van der Waals surface area contributed by atoms with Crippen LogP contribution in [0.1, 0.15) is 38.2 Å². The van der Waals surface area contributed by atoms with Crippen LogP contribution in [-0.4, -0.2) is 32.4 Å². The molecule has 5 heteroatoms. The number of hydrogen-bond donors (Lipinski definition) is 2. The van der Waals surface area contributed by atoms with Crippen molar-refractivity contribution in [1.82, 2.24) is 5.32 Å². The third-order valence-electron chi connectivity index (χ3n) is 5.30. The van der Waals surface area contributed by atoms with Crippen molar-refractivity contribution < 1.29 is 14.3 Å². The molecule has 1 fully saturated rings. The topological polar surface area (TPSA) is 59.6 Å². The molecule has 0 radical (unpaired) electrons. The number of benzene rings is 2. The monoisotopic (exact) mass is 382 g/mol. The molecule has 5 nitrogen and oxygen atoms in total. The highest BCUT2D eigenvalue weighted by Crippen LogP contribution is 2.34. The van der Waals surface area contributed by atoms with Gasteiger partial charge in [-0.2, -0.15) is 0 Å². The molecule has 1 heterocycles. The van der Waals surface area contributed by atoms with Crippen molar-refractivity contribution in [3.63, 3.8) is 0 Å². The maximum atomic E-state index is 12.4. The largest absolute Gasteiger partial charge is 0.494 e. The van der Waals surface area contributed by atoms with Crippen LogP contribution in [0.3, 0.4) is 0 Å². The first-order chi connectivity index (χ1) is 13.7. The van der Waals surface area contributed by atoms with Crippen LogP contribution in [-0.2, 0) is 10.2 Å². The molecular weight excluding hydrogens is 352 g/mol. The van der Waals surface area contributed by atoms with Crippen LogP contribution in [0.5, 0.6) is 5.75 Å². The summed E-state index contributed by atoms with van der Waals surface area (Å²) in [5, 5.41) is 5.97. The Kier molecular flexibility index (Phi) is 7.31. The molecule has 1 aliphatic rings. The molecule has 1 saturated heterocycles. The summed E-state index contributed by atoms with van der Waals surface area (Å²) in [4.78, 5) is 12.4. The number of anilines is 1. The normalized spacial score (nSPS) is 15.6. The van der Waals surface area contributed by atoms with E-state index >= 15 is 0 Å². The summed E-state index contributed by atoms with van der Waals surface area (Å²) >= 11 is 0. The van der Waals surface area contributed by atoms with Gasteiger partial charge in [-0.1, -0.05) is 43.7 Å². The molecule has 0 saturated carbocycles. The number of carbonyl (C=O) groups is 1. The van der Waals surface area contributed by atoms with Crippen molar-refractivity contribution in [2.24, 2.45) is 0 Å². The fourth-order valence-electron chi connectivity index (χ4n) is 3.51. The lowest BCUT2D eigenvalue weighted by Gasteiger charge is -2.38. The second kappa shape index (κ2) is 10.1. The lowest BCUT2D eigenvalue weighted by Crippen LogP contribution is -2.45. The van der Waals surface area contributed by atoms with E-state index in [-0.39, 0.29) is 11.4 Å². The van der Waals surface area contributed by atoms with E-state index in [2.05, 4.69) is 41.8 Å². The van der Waals surface area contributed by atoms with Gasteiger partial charge >= 0.3 is 6.03 Å². The minimum Gasteiger partial charge on any atom is -0.494 e. The SMILES string of the molecule is CCCCOc1ccc(NC(=O)NCC2(c3ccccc3)CCOCC2)cc1. The quantitative estimate of drug-likeness (QED) is 0.649. The molecule has 2 amide bonds. The minimum atomic E-state index is -0.193. The molecule has 0 aliphatic carbocycles. The molecule has 0 bridgehead atoms. The molecule has 3 rings (SSSR count). The Bertz CT molecular complexity index is 725. The molecule has 2 N–H and O–H groups in total. The summed E-state index contributed by atoms with van der Waals surface area (Å²) in [6.45, 7) is 4.88. The summed E-state index contributed by atoms with van der Waals surface area (Å²) in [7, 11) is 0. The Labute approximate surface area is 167 Å². The Morgan fingerprint density at radius 1 is 1.07 bits per heavy atom. The van der Waals surface area contributed by atoms with Crippen molar-refractivity contribution in [3.05, 3.63) is 60.2 Å². The van der Waals surface area contributed by atoms with Crippen molar-refractivity contribution in [3.8, 4) is 5.75 Å². The van der Waals surface area contributed by atoms with Gasteiger partial charge in [0.25, 0.3) is 0 Å². The van der Waals surface area contributed by atoms with E-state index in [4.69, 9.17) is 9.47 Å². The van der Waals surface area contributed by atoms with Crippen LogP contribution < -0.4 is 15.4 Å². The number of ether oxygens (including phenoxy) is 2. The molecule has 2 aromatic carbocycles. The van der Waals surface area contributed by atoms with Gasteiger partial charge in [0.2, 0.25) is 0 Å². The number of unbranched alkanes of at least 4 members (excludes halogenated alkanes) is 1. The highest BCUT2D eigenvalue weighted by Gasteiger charge is 2.34. The molecule has 0 spiro atoms. The number of amides is 2. The fourth-order valence-corrected chi connectivity index (χ4v) is 3.51. The van der Waals surface area contributed by atoms with Gasteiger partial charge in [0.05, 0.1) is 6.61 Å².